The second kappa shape index (κ2) is 8.89. The van der Waals surface area contributed by atoms with Gasteiger partial charge in [0.05, 0.1) is 40.2 Å². The average molecular weight is 465 g/mol. The summed E-state index contributed by atoms with van der Waals surface area (Å²) >= 11 is 6.24. The third kappa shape index (κ3) is 4.93. The van der Waals surface area contributed by atoms with Gasteiger partial charge in [-0.1, -0.05) is 18.5 Å². The summed E-state index contributed by atoms with van der Waals surface area (Å²) in [5.74, 6) is -0.482. The standard InChI is InChI=1S/C18H25ClN2O6S2/c1-2-6-21(14-5-11-28(23,24)13-14)18(22)16-12-15(3-4-17(16)19)29(25,26)20-7-9-27-10-8-20/h3-4,12,14H,2,5-11,13H2,1H3. The molecule has 0 N–H and O–H groups in total. The summed E-state index contributed by atoms with van der Waals surface area (Å²) in [6, 6.07) is 3.65. The number of hydrogen-bond donors (Lipinski definition) is 0. The molecule has 0 aliphatic carbocycles. The van der Waals surface area contributed by atoms with Crippen molar-refractivity contribution in [3.8, 4) is 0 Å². The summed E-state index contributed by atoms with van der Waals surface area (Å²) in [6.45, 7) is 3.39. The molecule has 2 heterocycles. The van der Waals surface area contributed by atoms with Gasteiger partial charge < -0.3 is 9.64 Å². The Hall–Kier alpha value is -1.20. The van der Waals surface area contributed by atoms with Crippen LogP contribution >= 0.6 is 11.6 Å². The zero-order valence-electron chi connectivity index (χ0n) is 16.2. The van der Waals surface area contributed by atoms with Crippen LogP contribution in [0.25, 0.3) is 0 Å². The fraction of sp³-hybridized carbons (Fsp3) is 0.611. The second-order valence-electron chi connectivity index (χ2n) is 7.21. The number of hydrogen-bond acceptors (Lipinski definition) is 6. The summed E-state index contributed by atoms with van der Waals surface area (Å²) in [7, 11) is -6.95. The first kappa shape index (κ1) is 22.5. The molecular formula is C18H25ClN2O6S2. The molecule has 0 radical (unpaired) electrons. The van der Waals surface area contributed by atoms with E-state index < -0.39 is 31.8 Å². The van der Waals surface area contributed by atoms with Crippen LogP contribution in [-0.2, 0) is 24.6 Å². The number of sulfonamides is 1. The van der Waals surface area contributed by atoms with Crippen LogP contribution in [-0.4, -0.2) is 82.3 Å². The normalized spacial score (nSPS) is 22.5. The molecule has 1 unspecified atom stereocenters. The van der Waals surface area contributed by atoms with Gasteiger partial charge in [0.1, 0.15) is 0 Å². The maximum Gasteiger partial charge on any atom is 0.255 e. The summed E-state index contributed by atoms with van der Waals surface area (Å²) in [6.07, 6.45) is 1.02. The number of nitrogens with zero attached hydrogens (tertiary/aromatic N) is 2. The molecule has 0 bridgehead atoms. The van der Waals surface area contributed by atoms with Crippen LogP contribution in [0.5, 0.6) is 0 Å². The van der Waals surface area contributed by atoms with Crippen molar-refractivity contribution in [3.63, 3.8) is 0 Å². The van der Waals surface area contributed by atoms with E-state index in [2.05, 4.69) is 0 Å². The van der Waals surface area contributed by atoms with Crippen molar-refractivity contribution in [2.24, 2.45) is 0 Å². The van der Waals surface area contributed by atoms with Gasteiger partial charge in [0.2, 0.25) is 10.0 Å². The summed E-state index contributed by atoms with van der Waals surface area (Å²) in [5, 5.41) is 0.137. The van der Waals surface area contributed by atoms with Crippen LogP contribution in [0.2, 0.25) is 5.02 Å². The van der Waals surface area contributed by atoms with Gasteiger partial charge in [0.15, 0.2) is 9.84 Å². The lowest BCUT2D eigenvalue weighted by Gasteiger charge is -2.29. The Kier molecular flexibility index (Phi) is 6.89. The minimum Gasteiger partial charge on any atom is -0.379 e. The summed E-state index contributed by atoms with van der Waals surface area (Å²) in [5.41, 5.74) is 0.0683. The van der Waals surface area contributed by atoms with Gasteiger partial charge in [0, 0.05) is 25.7 Å². The Bertz CT molecular complexity index is 974. The minimum atomic E-state index is -3.78. The first-order chi connectivity index (χ1) is 13.7. The van der Waals surface area contributed by atoms with E-state index in [0.717, 1.165) is 0 Å². The predicted octanol–water partition coefficient (Wildman–Crippen LogP) is 1.40. The van der Waals surface area contributed by atoms with Crippen molar-refractivity contribution in [3.05, 3.63) is 28.8 Å². The lowest BCUT2D eigenvalue weighted by atomic mass is 10.1. The highest BCUT2D eigenvalue weighted by Gasteiger charge is 2.36. The zero-order chi connectivity index (χ0) is 21.2. The summed E-state index contributed by atoms with van der Waals surface area (Å²) < 4.78 is 56.1. The molecular weight excluding hydrogens is 440 g/mol. The number of ether oxygens (including phenoxy) is 1. The number of benzene rings is 1. The van der Waals surface area contributed by atoms with Gasteiger partial charge in [-0.15, -0.1) is 0 Å². The first-order valence-corrected chi connectivity index (χ1v) is 13.2. The second-order valence-corrected chi connectivity index (χ2v) is 11.8. The Balaban J connectivity index is 1.92. The van der Waals surface area contributed by atoms with Gasteiger partial charge in [0.25, 0.3) is 5.91 Å². The highest BCUT2D eigenvalue weighted by molar-refractivity contribution is 7.91. The number of carbonyl (C=O) groups excluding carboxylic acids is 1. The van der Waals surface area contributed by atoms with Crippen LogP contribution < -0.4 is 0 Å². The quantitative estimate of drug-likeness (QED) is 0.630. The van der Waals surface area contributed by atoms with E-state index in [1.54, 1.807) is 0 Å². The smallest absolute Gasteiger partial charge is 0.255 e. The van der Waals surface area contributed by atoms with Crippen LogP contribution in [0, 0.1) is 0 Å². The van der Waals surface area contributed by atoms with Crippen molar-refractivity contribution in [1.82, 2.24) is 9.21 Å². The molecule has 2 aliphatic rings. The maximum absolute atomic E-state index is 13.2. The van der Waals surface area contributed by atoms with Crippen LogP contribution in [0.15, 0.2) is 23.1 Å². The molecule has 1 amide bonds. The first-order valence-electron chi connectivity index (χ1n) is 9.54. The van der Waals surface area contributed by atoms with Crippen molar-refractivity contribution in [1.29, 1.82) is 0 Å². The predicted molar refractivity (Wildman–Crippen MR) is 109 cm³/mol. The van der Waals surface area contributed by atoms with Gasteiger partial charge in [-0.25, -0.2) is 16.8 Å². The molecule has 1 atom stereocenters. The van der Waals surface area contributed by atoms with E-state index in [1.165, 1.54) is 27.4 Å². The Morgan fingerprint density at radius 2 is 2.00 bits per heavy atom. The van der Waals surface area contributed by atoms with Crippen molar-refractivity contribution in [2.75, 3.05) is 44.4 Å². The van der Waals surface area contributed by atoms with E-state index in [0.29, 0.717) is 32.6 Å². The molecule has 0 aromatic heterocycles. The topological polar surface area (TPSA) is 101 Å². The third-order valence-corrected chi connectivity index (χ3v) is 9.13. The molecule has 2 saturated heterocycles. The van der Waals surface area contributed by atoms with Gasteiger partial charge >= 0.3 is 0 Å². The SMILES string of the molecule is CCCN(C(=O)c1cc(S(=O)(=O)N2CCOCC2)ccc1Cl)C1CCS(=O)(=O)C1. The van der Waals surface area contributed by atoms with Crippen molar-refractivity contribution >= 4 is 37.4 Å². The number of sulfone groups is 1. The average Bonchev–Trinajstić information content (AvgIpc) is 3.06. The number of carbonyl (C=O) groups is 1. The molecule has 1 aromatic carbocycles. The van der Waals surface area contributed by atoms with E-state index in [9.17, 15) is 21.6 Å². The molecule has 162 valence electrons. The number of rotatable bonds is 6. The lowest BCUT2D eigenvalue weighted by molar-refractivity contribution is 0.0696. The Labute approximate surface area is 176 Å². The highest BCUT2D eigenvalue weighted by atomic mass is 35.5. The van der Waals surface area contributed by atoms with E-state index in [4.69, 9.17) is 16.3 Å². The van der Waals surface area contributed by atoms with Crippen LogP contribution in [0.4, 0.5) is 0 Å². The fourth-order valence-corrected chi connectivity index (χ4v) is 7.00. The van der Waals surface area contributed by atoms with Gasteiger partial charge in [-0.2, -0.15) is 4.31 Å². The molecule has 0 spiro atoms. The molecule has 2 fully saturated rings. The fourth-order valence-electron chi connectivity index (χ4n) is 3.63. The lowest BCUT2D eigenvalue weighted by Crippen LogP contribution is -2.42. The molecule has 1 aromatic rings. The van der Waals surface area contributed by atoms with Crippen molar-refractivity contribution < 1.29 is 26.4 Å². The largest absolute Gasteiger partial charge is 0.379 e. The third-order valence-electron chi connectivity index (χ3n) is 5.15. The monoisotopic (exact) mass is 464 g/mol. The van der Waals surface area contributed by atoms with E-state index >= 15 is 0 Å². The number of morpholine rings is 1. The molecule has 11 heteroatoms. The minimum absolute atomic E-state index is 0.0114. The number of halogens is 1. The van der Waals surface area contributed by atoms with Gasteiger partial charge in [-0.05, 0) is 31.0 Å². The Morgan fingerprint density at radius 1 is 1.31 bits per heavy atom. The highest BCUT2D eigenvalue weighted by Crippen LogP contribution is 2.27. The number of amides is 1. The molecule has 8 nitrogen and oxygen atoms in total. The zero-order valence-corrected chi connectivity index (χ0v) is 18.6. The molecule has 0 saturated carbocycles. The van der Waals surface area contributed by atoms with Crippen LogP contribution in [0.1, 0.15) is 30.1 Å². The molecule has 2 aliphatic heterocycles. The van der Waals surface area contributed by atoms with E-state index in [-0.39, 0.29) is 40.1 Å². The van der Waals surface area contributed by atoms with Crippen molar-refractivity contribution in [2.45, 2.75) is 30.7 Å². The van der Waals surface area contributed by atoms with Gasteiger partial charge in [-0.3, -0.25) is 4.79 Å². The molecule has 3 rings (SSSR count). The maximum atomic E-state index is 13.2. The summed E-state index contributed by atoms with van der Waals surface area (Å²) in [4.78, 5) is 14.7. The van der Waals surface area contributed by atoms with Crippen LogP contribution in [0.3, 0.4) is 0 Å². The molecule has 29 heavy (non-hydrogen) atoms. The van der Waals surface area contributed by atoms with E-state index in [1.807, 2.05) is 6.92 Å². The Morgan fingerprint density at radius 3 is 2.59 bits per heavy atom.